The van der Waals surface area contributed by atoms with E-state index in [4.69, 9.17) is 4.74 Å². The maximum Gasteiger partial charge on any atom is 0.105 e. The molecule has 0 bridgehead atoms. The summed E-state index contributed by atoms with van der Waals surface area (Å²) in [7, 11) is 0. The molecule has 0 aromatic heterocycles. The molecule has 0 fully saturated rings. The van der Waals surface area contributed by atoms with Gasteiger partial charge in [-0.25, -0.2) is 0 Å². The molecule has 1 rings (SSSR count). The summed E-state index contributed by atoms with van der Waals surface area (Å²) in [5, 5.41) is 10.3. The SMILES string of the molecule is CCOC(C(C)C)C(O)c1cccc(C)c1. The van der Waals surface area contributed by atoms with Crippen molar-refractivity contribution >= 4 is 0 Å². The van der Waals surface area contributed by atoms with Gasteiger partial charge in [-0.15, -0.1) is 0 Å². The highest BCUT2D eigenvalue weighted by Gasteiger charge is 2.24. The molecule has 0 heterocycles. The molecule has 0 radical (unpaired) electrons. The van der Waals surface area contributed by atoms with Gasteiger partial charge in [0.25, 0.3) is 0 Å². The Morgan fingerprint density at radius 2 is 2.00 bits per heavy atom. The lowest BCUT2D eigenvalue weighted by molar-refractivity contribution is -0.0585. The van der Waals surface area contributed by atoms with Crippen molar-refractivity contribution in [3.05, 3.63) is 35.4 Å². The predicted octanol–water partition coefficient (Wildman–Crippen LogP) is 3.09. The minimum Gasteiger partial charge on any atom is -0.386 e. The highest BCUT2D eigenvalue weighted by molar-refractivity contribution is 5.24. The number of hydrogen-bond acceptors (Lipinski definition) is 2. The van der Waals surface area contributed by atoms with Crippen molar-refractivity contribution in [3.8, 4) is 0 Å². The van der Waals surface area contributed by atoms with Gasteiger partial charge in [-0.1, -0.05) is 43.7 Å². The summed E-state index contributed by atoms with van der Waals surface area (Å²) < 4.78 is 5.61. The summed E-state index contributed by atoms with van der Waals surface area (Å²) in [5.41, 5.74) is 2.10. The molecule has 16 heavy (non-hydrogen) atoms. The van der Waals surface area contributed by atoms with Crippen LogP contribution >= 0.6 is 0 Å². The molecule has 1 aromatic rings. The fourth-order valence-corrected chi connectivity index (χ4v) is 1.88. The smallest absolute Gasteiger partial charge is 0.105 e. The van der Waals surface area contributed by atoms with Gasteiger partial charge in [-0.05, 0) is 25.3 Å². The first-order valence-corrected chi connectivity index (χ1v) is 5.92. The maximum absolute atomic E-state index is 10.3. The van der Waals surface area contributed by atoms with Crippen LogP contribution in [-0.4, -0.2) is 17.8 Å². The van der Waals surface area contributed by atoms with E-state index in [0.717, 1.165) is 11.1 Å². The standard InChI is InChI=1S/C14H22O2/c1-5-16-14(10(2)3)13(15)12-8-6-7-11(4)9-12/h6-10,13-15H,5H2,1-4H3. The fourth-order valence-electron chi connectivity index (χ4n) is 1.88. The minimum atomic E-state index is -0.542. The van der Waals surface area contributed by atoms with Gasteiger partial charge in [-0.3, -0.25) is 0 Å². The second-order valence-corrected chi connectivity index (χ2v) is 4.52. The zero-order valence-electron chi connectivity index (χ0n) is 10.6. The van der Waals surface area contributed by atoms with E-state index >= 15 is 0 Å². The lowest BCUT2D eigenvalue weighted by atomic mass is 9.95. The second kappa shape index (κ2) is 6.02. The molecular weight excluding hydrogens is 200 g/mol. The first-order chi connectivity index (χ1) is 7.56. The van der Waals surface area contributed by atoms with Crippen LogP contribution in [0.2, 0.25) is 0 Å². The molecule has 0 spiro atoms. The molecule has 0 saturated heterocycles. The Kier molecular flexibility index (Phi) is 4.97. The van der Waals surface area contributed by atoms with Crippen LogP contribution in [-0.2, 0) is 4.74 Å². The number of benzene rings is 1. The Hall–Kier alpha value is -0.860. The predicted molar refractivity (Wildman–Crippen MR) is 66.4 cm³/mol. The van der Waals surface area contributed by atoms with Gasteiger partial charge < -0.3 is 9.84 Å². The zero-order chi connectivity index (χ0) is 12.1. The summed E-state index contributed by atoms with van der Waals surface area (Å²) in [6.45, 7) is 8.75. The summed E-state index contributed by atoms with van der Waals surface area (Å²) in [6, 6.07) is 7.96. The molecule has 90 valence electrons. The molecule has 2 atom stereocenters. The fraction of sp³-hybridized carbons (Fsp3) is 0.571. The number of aliphatic hydroxyl groups excluding tert-OH is 1. The minimum absolute atomic E-state index is 0.133. The van der Waals surface area contributed by atoms with Crippen LogP contribution in [0.3, 0.4) is 0 Å². The Morgan fingerprint density at radius 1 is 1.31 bits per heavy atom. The van der Waals surface area contributed by atoms with Crippen molar-refractivity contribution in [2.24, 2.45) is 5.92 Å². The quantitative estimate of drug-likeness (QED) is 0.829. The first kappa shape index (κ1) is 13.2. The molecule has 2 heteroatoms. The Bertz CT molecular complexity index is 320. The summed E-state index contributed by atoms with van der Waals surface area (Å²) in [4.78, 5) is 0. The molecule has 0 aliphatic rings. The van der Waals surface area contributed by atoms with Crippen LogP contribution in [0.25, 0.3) is 0 Å². The van der Waals surface area contributed by atoms with Gasteiger partial charge in [0.1, 0.15) is 6.10 Å². The summed E-state index contributed by atoms with van der Waals surface area (Å²) in [5.74, 6) is 0.301. The Labute approximate surface area is 98.3 Å². The van der Waals surface area contributed by atoms with Crippen molar-refractivity contribution < 1.29 is 9.84 Å². The Balaban J connectivity index is 2.85. The number of ether oxygens (including phenoxy) is 1. The van der Waals surface area contributed by atoms with Crippen LogP contribution in [0.4, 0.5) is 0 Å². The van der Waals surface area contributed by atoms with Gasteiger partial charge in [0.15, 0.2) is 0 Å². The molecule has 2 nitrogen and oxygen atoms in total. The van der Waals surface area contributed by atoms with Crippen LogP contribution in [0.1, 0.15) is 38.0 Å². The van der Waals surface area contributed by atoms with E-state index < -0.39 is 6.10 Å². The third-order valence-corrected chi connectivity index (χ3v) is 2.71. The van der Waals surface area contributed by atoms with Crippen LogP contribution in [0.15, 0.2) is 24.3 Å². The van der Waals surface area contributed by atoms with E-state index in [1.165, 1.54) is 0 Å². The third-order valence-electron chi connectivity index (χ3n) is 2.71. The van der Waals surface area contributed by atoms with E-state index in [1.54, 1.807) is 0 Å². The number of aliphatic hydroxyl groups is 1. The van der Waals surface area contributed by atoms with E-state index in [2.05, 4.69) is 13.8 Å². The van der Waals surface area contributed by atoms with Crippen molar-refractivity contribution in [1.82, 2.24) is 0 Å². The van der Waals surface area contributed by atoms with Crippen molar-refractivity contribution in [1.29, 1.82) is 0 Å². The van der Waals surface area contributed by atoms with E-state index in [0.29, 0.717) is 12.5 Å². The molecule has 0 aliphatic heterocycles. The van der Waals surface area contributed by atoms with Crippen LogP contribution < -0.4 is 0 Å². The largest absolute Gasteiger partial charge is 0.386 e. The topological polar surface area (TPSA) is 29.5 Å². The first-order valence-electron chi connectivity index (χ1n) is 5.92. The van der Waals surface area contributed by atoms with Gasteiger partial charge in [-0.2, -0.15) is 0 Å². The average Bonchev–Trinajstić information content (AvgIpc) is 2.24. The Morgan fingerprint density at radius 3 is 2.50 bits per heavy atom. The lowest BCUT2D eigenvalue weighted by Gasteiger charge is -2.26. The molecule has 0 aliphatic carbocycles. The van der Waals surface area contributed by atoms with Gasteiger partial charge in [0.2, 0.25) is 0 Å². The maximum atomic E-state index is 10.3. The van der Waals surface area contributed by atoms with Crippen LogP contribution in [0, 0.1) is 12.8 Å². The average molecular weight is 222 g/mol. The summed E-state index contributed by atoms with van der Waals surface area (Å²) >= 11 is 0. The normalized spacial score (nSPS) is 15.1. The number of rotatable bonds is 5. The lowest BCUT2D eigenvalue weighted by Crippen LogP contribution is -2.27. The second-order valence-electron chi connectivity index (χ2n) is 4.52. The van der Waals surface area contributed by atoms with E-state index in [9.17, 15) is 5.11 Å². The van der Waals surface area contributed by atoms with Gasteiger partial charge in [0.05, 0.1) is 6.10 Å². The van der Waals surface area contributed by atoms with Gasteiger partial charge in [0, 0.05) is 6.61 Å². The molecule has 0 amide bonds. The molecule has 2 unspecified atom stereocenters. The van der Waals surface area contributed by atoms with E-state index in [1.807, 2.05) is 38.1 Å². The monoisotopic (exact) mass is 222 g/mol. The number of aryl methyl sites for hydroxylation is 1. The van der Waals surface area contributed by atoms with Crippen molar-refractivity contribution in [2.75, 3.05) is 6.61 Å². The van der Waals surface area contributed by atoms with Crippen molar-refractivity contribution in [2.45, 2.75) is 39.9 Å². The molecular formula is C14H22O2. The van der Waals surface area contributed by atoms with Crippen LogP contribution in [0.5, 0.6) is 0 Å². The molecule has 1 aromatic carbocycles. The summed E-state index contributed by atoms with van der Waals surface area (Å²) in [6.07, 6.45) is -0.674. The third kappa shape index (κ3) is 3.32. The highest BCUT2D eigenvalue weighted by Crippen LogP contribution is 2.25. The molecule has 1 N–H and O–H groups in total. The zero-order valence-corrected chi connectivity index (χ0v) is 10.6. The van der Waals surface area contributed by atoms with E-state index in [-0.39, 0.29) is 6.10 Å². The number of hydrogen-bond donors (Lipinski definition) is 1. The van der Waals surface area contributed by atoms with Gasteiger partial charge >= 0.3 is 0 Å². The van der Waals surface area contributed by atoms with Crippen molar-refractivity contribution in [3.63, 3.8) is 0 Å². The highest BCUT2D eigenvalue weighted by atomic mass is 16.5. The molecule has 0 saturated carbocycles.